The molecule has 2 rings (SSSR count). The van der Waals surface area contributed by atoms with Gasteiger partial charge < -0.3 is 11.1 Å². The summed E-state index contributed by atoms with van der Waals surface area (Å²) in [7, 11) is 0. The van der Waals surface area contributed by atoms with Crippen LogP contribution in [-0.2, 0) is 0 Å². The maximum atomic E-state index is 5.98. The second-order valence-electron chi connectivity index (χ2n) is 4.44. The first-order chi connectivity index (χ1) is 8.95. The maximum Gasteiger partial charge on any atom is 0.136 e. The molecule has 1 heterocycles. The van der Waals surface area contributed by atoms with Crippen LogP contribution in [0.2, 0.25) is 5.02 Å². The Morgan fingerprint density at radius 3 is 2.68 bits per heavy atom. The van der Waals surface area contributed by atoms with Gasteiger partial charge in [-0.2, -0.15) is 0 Å². The molecule has 0 aliphatic rings. The summed E-state index contributed by atoms with van der Waals surface area (Å²) in [6.07, 6.45) is 0. The first kappa shape index (κ1) is 14.1. The van der Waals surface area contributed by atoms with Gasteiger partial charge >= 0.3 is 0 Å². The van der Waals surface area contributed by atoms with E-state index in [-0.39, 0.29) is 5.92 Å². The highest BCUT2D eigenvalue weighted by Crippen LogP contribution is 2.29. The largest absolute Gasteiger partial charge is 0.384 e. The molecule has 3 N–H and O–H groups in total. The van der Waals surface area contributed by atoms with Crippen molar-refractivity contribution < 1.29 is 0 Å². The molecule has 1 aromatic heterocycles. The van der Waals surface area contributed by atoms with Crippen molar-refractivity contribution in [2.75, 3.05) is 11.1 Å². The number of halogens is 2. The fourth-order valence-corrected chi connectivity index (χ4v) is 2.06. The van der Waals surface area contributed by atoms with Crippen molar-refractivity contribution in [1.29, 1.82) is 0 Å². The monoisotopic (exact) mass is 340 g/mol. The first-order valence-corrected chi connectivity index (χ1v) is 6.99. The van der Waals surface area contributed by atoms with E-state index in [4.69, 9.17) is 17.3 Å². The number of hydrogen-bond acceptors (Lipinski definition) is 4. The summed E-state index contributed by atoms with van der Waals surface area (Å²) in [5.41, 5.74) is 6.62. The van der Waals surface area contributed by atoms with Crippen molar-refractivity contribution in [1.82, 2.24) is 9.97 Å². The van der Waals surface area contributed by atoms with Crippen LogP contribution in [-0.4, -0.2) is 9.97 Å². The van der Waals surface area contributed by atoms with Crippen molar-refractivity contribution in [3.05, 3.63) is 39.6 Å². The van der Waals surface area contributed by atoms with Crippen LogP contribution in [0.1, 0.15) is 25.6 Å². The molecule has 0 aliphatic heterocycles. The Morgan fingerprint density at radius 1 is 1.26 bits per heavy atom. The Kier molecular flexibility index (Phi) is 4.27. The molecule has 1 aromatic carbocycles. The van der Waals surface area contributed by atoms with Gasteiger partial charge in [-0.25, -0.2) is 9.97 Å². The highest BCUT2D eigenvalue weighted by atomic mass is 79.9. The second kappa shape index (κ2) is 5.75. The lowest BCUT2D eigenvalue weighted by Crippen LogP contribution is -2.05. The number of nitrogens with two attached hydrogens (primary N) is 1. The topological polar surface area (TPSA) is 63.8 Å². The van der Waals surface area contributed by atoms with Crippen LogP contribution >= 0.6 is 27.5 Å². The SMILES string of the molecule is CC(C)c1nc(N)cc(Nc2cc(Cl)ccc2Br)n1. The van der Waals surface area contributed by atoms with Crippen molar-refractivity contribution in [2.24, 2.45) is 0 Å². The molecule has 100 valence electrons. The van der Waals surface area contributed by atoms with Crippen LogP contribution in [0, 0.1) is 0 Å². The lowest BCUT2D eigenvalue weighted by Gasteiger charge is -2.11. The minimum Gasteiger partial charge on any atom is -0.384 e. The van der Waals surface area contributed by atoms with E-state index in [0.29, 0.717) is 22.5 Å². The van der Waals surface area contributed by atoms with Gasteiger partial charge in [0, 0.05) is 21.5 Å². The number of nitrogens with one attached hydrogen (secondary N) is 1. The fourth-order valence-electron chi connectivity index (χ4n) is 1.54. The van der Waals surface area contributed by atoms with Gasteiger partial charge in [0.15, 0.2) is 0 Å². The summed E-state index contributed by atoms with van der Waals surface area (Å²) < 4.78 is 0.903. The van der Waals surface area contributed by atoms with E-state index >= 15 is 0 Å². The zero-order chi connectivity index (χ0) is 14.0. The standard InChI is InChI=1S/C13H14BrClN4/c1-7(2)13-18-11(16)6-12(19-13)17-10-5-8(15)3-4-9(10)14/h3-7H,1-2H3,(H3,16,17,18,19). The third kappa shape index (κ3) is 3.58. The zero-order valence-corrected chi connectivity index (χ0v) is 13.0. The Bertz CT molecular complexity index is 601. The van der Waals surface area contributed by atoms with E-state index in [1.54, 1.807) is 6.07 Å². The third-order valence-electron chi connectivity index (χ3n) is 2.47. The molecule has 4 nitrogen and oxygen atoms in total. The number of anilines is 3. The molecule has 0 saturated heterocycles. The predicted octanol–water partition coefficient (Wildman–Crippen LogP) is 4.34. The van der Waals surface area contributed by atoms with E-state index in [1.807, 2.05) is 32.0 Å². The molecule has 19 heavy (non-hydrogen) atoms. The Morgan fingerprint density at radius 2 is 2.00 bits per heavy atom. The summed E-state index contributed by atoms with van der Waals surface area (Å²) in [5.74, 6) is 2.02. The van der Waals surface area contributed by atoms with Gasteiger partial charge in [-0.3, -0.25) is 0 Å². The average Bonchev–Trinajstić information content (AvgIpc) is 2.33. The van der Waals surface area contributed by atoms with E-state index < -0.39 is 0 Å². The summed E-state index contributed by atoms with van der Waals surface area (Å²) in [5, 5.41) is 3.84. The number of aromatic nitrogens is 2. The lowest BCUT2D eigenvalue weighted by molar-refractivity contribution is 0.779. The van der Waals surface area contributed by atoms with Crippen LogP contribution in [0.4, 0.5) is 17.3 Å². The van der Waals surface area contributed by atoms with Crippen molar-refractivity contribution in [3.8, 4) is 0 Å². The molecular formula is C13H14BrClN4. The Balaban J connectivity index is 2.35. The molecular weight excluding hydrogens is 328 g/mol. The molecule has 0 aliphatic carbocycles. The highest BCUT2D eigenvalue weighted by Gasteiger charge is 2.08. The minimum absolute atomic E-state index is 0.215. The van der Waals surface area contributed by atoms with Crippen LogP contribution in [0.5, 0.6) is 0 Å². The number of nitrogens with zero attached hydrogens (tertiary/aromatic N) is 2. The highest BCUT2D eigenvalue weighted by molar-refractivity contribution is 9.10. The normalized spacial score (nSPS) is 10.8. The predicted molar refractivity (Wildman–Crippen MR) is 83.0 cm³/mol. The maximum absolute atomic E-state index is 5.98. The number of benzene rings is 1. The summed E-state index contributed by atoms with van der Waals surface area (Å²) in [4.78, 5) is 8.64. The van der Waals surface area contributed by atoms with Crippen LogP contribution in [0.25, 0.3) is 0 Å². The zero-order valence-electron chi connectivity index (χ0n) is 10.6. The van der Waals surface area contributed by atoms with Crippen LogP contribution in [0.15, 0.2) is 28.7 Å². The molecule has 0 spiro atoms. The van der Waals surface area contributed by atoms with Crippen molar-refractivity contribution in [2.45, 2.75) is 19.8 Å². The lowest BCUT2D eigenvalue weighted by atomic mass is 10.2. The number of hydrogen-bond donors (Lipinski definition) is 2. The van der Waals surface area contributed by atoms with Crippen molar-refractivity contribution in [3.63, 3.8) is 0 Å². The molecule has 2 aromatic rings. The molecule has 0 unspecified atom stereocenters. The third-order valence-corrected chi connectivity index (χ3v) is 3.40. The number of rotatable bonds is 3. The van der Waals surface area contributed by atoms with E-state index in [2.05, 4.69) is 31.2 Å². The number of nitrogen functional groups attached to an aromatic ring is 1. The summed E-state index contributed by atoms with van der Waals surface area (Å²) >= 11 is 9.44. The van der Waals surface area contributed by atoms with E-state index in [9.17, 15) is 0 Å². The van der Waals surface area contributed by atoms with Crippen LogP contribution < -0.4 is 11.1 Å². The molecule has 6 heteroatoms. The second-order valence-corrected chi connectivity index (χ2v) is 5.73. The Labute approximate surface area is 125 Å². The van der Waals surface area contributed by atoms with Gasteiger partial charge in [-0.05, 0) is 34.1 Å². The molecule has 0 amide bonds. The van der Waals surface area contributed by atoms with Gasteiger partial charge in [0.2, 0.25) is 0 Å². The van der Waals surface area contributed by atoms with Crippen LogP contribution in [0.3, 0.4) is 0 Å². The molecule has 0 fully saturated rings. The minimum atomic E-state index is 0.215. The van der Waals surface area contributed by atoms with Gasteiger partial charge in [-0.15, -0.1) is 0 Å². The smallest absolute Gasteiger partial charge is 0.136 e. The van der Waals surface area contributed by atoms with Gasteiger partial charge in [0.1, 0.15) is 17.5 Å². The fraction of sp³-hybridized carbons (Fsp3) is 0.231. The average molecular weight is 342 g/mol. The molecule has 0 atom stereocenters. The summed E-state index contributed by atoms with van der Waals surface area (Å²) in [6.45, 7) is 4.04. The quantitative estimate of drug-likeness (QED) is 0.871. The first-order valence-electron chi connectivity index (χ1n) is 5.82. The van der Waals surface area contributed by atoms with Crippen molar-refractivity contribution >= 4 is 44.9 Å². The molecule has 0 radical (unpaired) electrons. The molecule has 0 saturated carbocycles. The Hall–Kier alpha value is -1.33. The van der Waals surface area contributed by atoms with Gasteiger partial charge in [-0.1, -0.05) is 25.4 Å². The summed E-state index contributed by atoms with van der Waals surface area (Å²) in [6, 6.07) is 7.20. The van der Waals surface area contributed by atoms with Gasteiger partial charge in [0.05, 0.1) is 5.69 Å². The molecule has 0 bridgehead atoms. The van der Waals surface area contributed by atoms with E-state index in [1.165, 1.54) is 0 Å². The van der Waals surface area contributed by atoms with Gasteiger partial charge in [0.25, 0.3) is 0 Å². The van der Waals surface area contributed by atoms with E-state index in [0.717, 1.165) is 10.2 Å².